The van der Waals surface area contributed by atoms with Gasteiger partial charge in [0.1, 0.15) is 12.1 Å². The van der Waals surface area contributed by atoms with Gasteiger partial charge < -0.3 is 5.32 Å². The van der Waals surface area contributed by atoms with Crippen LogP contribution in [-0.2, 0) is 0 Å². The lowest BCUT2D eigenvalue weighted by atomic mass is 9.96. The van der Waals surface area contributed by atoms with Crippen molar-refractivity contribution in [3.63, 3.8) is 0 Å². The lowest BCUT2D eigenvalue weighted by Crippen LogP contribution is -2.18. The zero-order valence-corrected chi connectivity index (χ0v) is 11.6. The minimum absolute atomic E-state index is 0.220. The summed E-state index contributed by atoms with van der Waals surface area (Å²) in [5.41, 5.74) is 2.00. The maximum Gasteiger partial charge on any atom is 0.177 e. The molecule has 0 aliphatic carbocycles. The lowest BCUT2D eigenvalue weighted by molar-refractivity contribution is 0.543. The van der Waals surface area contributed by atoms with E-state index in [1.807, 2.05) is 18.2 Å². The maximum absolute atomic E-state index is 4.46. The fourth-order valence-corrected chi connectivity index (χ4v) is 2.26. The van der Waals surface area contributed by atoms with Gasteiger partial charge in [-0.1, -0.05) is 44.2 Å². The molecule has 1 N–H and O–H groups in total. The third-order valence-corrected chi connectivity index (χ3v) is 3.29. The van der Waals surface area contributed by atoms with Crippen molar-refractivity contribution < 1.29 is 0 Å². The van der Waals surface area contributed by atoms with E-state index in [1.165, 1.54) is 5.56 Å². The van der Waals surface area contributed by atoms with Crippen LogP contribution in [-0.4, -0.2) is 19.8 Å². The van der Waals surface area contributed by atoms with Crippen LogP contribution in [0, 0.1) is 5.92 Å². The van der Waals surface area contributed by atoms with Gasteiger partial charge in [-0.3, -0.25) is 0 Å². The van der Waals surface area contributed by atoms with Crippen molar-refractivity contribution in [3.05, 3.63) is 54.4 Å². The molecular formula is C15H17N5. The first kappa shape index (κ1) is 12.6. The SMILES string of the molecule is CC(C)C(Nc1ccc2nncn2n1)c1ccccc1. The van der Waals surface area contributed by atoms with Crippen molar-refractivity contribution in [3.8, 4) is 0 Å². The Hall–Kier alpha value is -2.43. The van der Waals surface area contributed by atoms with E-state index >= 15 is 0 Å². The van der Waals surface area contributed by atoms with E-state index in [1.54, 1.807) is 10.8 Å². The number of aromatic nitrogens is 4. The Morgan fingerprint density at radius 2 is 1.85 bits per heavy atom. The van der Waals surface area contributed by atoms with E-state index in [2.05, 4.69) is 58.7 Å². The van der Waals surface area contributed by atoms with Gasteiger partial charge in [-0.15, -0.1) is 15.3 Å². The first-order valence-electron chi connectivity index (χ1n) is 6.72. The lowest BCUT2D eigenvalue weighted by Gasteiger charge is -2.23. The maximum atomic E-state index is 4.46. The zero-order chi connectivity index (χ0) is 13.9. The van der Waals surface area contributed by atoms with Crippen molar-refractivity contribution >= 4 is 11.5 Å². The van der Waals surface area contributed by atoms with E-state index in [-0.39, 0.29) is 6.04 Å². The Labute approximate surface area is 117 Å². The molecule has 0 radical (unpaired) electrons. The van der Waals surface area contributed by atoms with Gasteiger partial charge in [0.15, 0.2) is 5.65 Å². The Balaban J connectivity index is 1.89. The predicted molar refractivity (Wildman–Crippen MR) is 78.4 cm³/mol. The van der Waals surface area contributed by atoms with Crippen LogP contribution in [0.2, 0.25) is 0 Å². The van der Waals surface area contributed by atoms with Crippen LogP contribution in [0.1, 0.15) is 25.5 Å². The second kappa shape index (κ2) is 5.28. The summed E-state index contributed by atoms with van der Waals surface area (Å²) in [5.74, 6) is 1.27. The molecule has 3 rings (SSSR count). The van der Waals surface area contributed by atoms with Gasteiger partial charge in [0, 0.05) is 0 Å². The number of nitrogens with one attached hydrogen (secondary N) is 1. The summed E-state index contributed by atoms with van der Waals surface area (Å²) >= 11 is 0. The number of anilines is 1. The molecule has 5 heteroatoms. The van der Waals surface area contributed by atoms with Gasteiger partial charge in [-0.25, -0.2) is 0 Å². The molecule has 2 heterocycles. The molecular weight excluding hydrogens is 250 g/mol. The van der Waals surface area contributed by atoms with Gasteiger partial charge in [0.25, 0.3) is 0 Å². The minimum Gasteiger partial charge on any atom is -0.362 e. The molecule has 1 aromatic carbocycles. The molecule has 0 aliphatic rings. The first-order chi connectivity index (χ1) is 9.74. The van der Waals surface area contributed by atoms with Gasteiger partial charge in [-0.05, 0) is 23.6 Å². The molecule has 3 aromatic rings. The van der Waals surface area contributed by atoms with Gasteiger partial charge >= 0.3 is 0 Å². The fourth-order valence-electron chi connectivity index (χ4n) is 2.26. The van der Waals surface area contributed by atoms with Crippen LogP contribution in [0.4, 0.5) is 5.82 Å². The molecule has 1 atom stereocenters. The van der Waals surface area contributed by atoms with Gasteiger partial charge in [0.2, 0.25) is 0 Å². The van der Waals surface area contributed by atoms with Crippen molar-refractivity contribution in [2.24, 2.45) is 5.92 Å². The van der Waals surface area contributed by atoms with Crippen LogP contribution >= 0.6 is 0 Å². The third-order valence-electron chi connectivity index (χ3n) is 3.29. The second-order valence-corrected chi connectivity index (χ2v) is 5.13. The molecule has 0 bridgehead atoms. The largest absolute Gasteiger partial charge is 0.362 e. The van der Waals surface area contributed by atoms with Crippen molar-refractivity contribution in [1.82, 2.24) is 19.8 Å². The smallest absolute Gasteiger partial charge is 0.177 e. The number of hydrogen-bond acceptors (Lipinski definition) is 4. The highest BCUT2D eigenvalue weighted by atomic mass is 15.4. The highest BCUT2D eigenvalue weighted by Crippen LogP contribution is 2.25. The molecule has 0 saturated heterocycles. The van der Waals surface area contributed by atoms with E-state index in [9.17, 15) is 0 Å². The summed E-state index contributed by atoms with van der Waals surface area (Å²) in [5, 5.41) is 15.7. The molecule has 5 nitrogen and oxygen atoms in total. The molecule has 0 fully saturated rings. The minimum atomic E-state index is 0.220. The van der Waals surface area contributed by atoms with E-state index in [0.717, 1.165) is 11.5 Å². The molecule has 2 aromatic heterocycles. The van der Waals surface area contributed by atoms with E-state index < -0.39 is 0 Å². The Morgan fingerprint density at radius 1 is 1.05 bits per heavy atom. The van der Waals surface area contributed by atoms with E-state index in [4.69, 9.17) is 0 Å². The standard InChI is InChI=1S/C15H17N5/c1-11(2)15(12-6-4-3-5-7-12)17-13-8-9-14-18-16-10-20(14)19-13/h3-11,15H,1-2H3,(H,17,19). The van der Waals surface area contributed by atoms with Crippen LogP contribution in [0.25, 0.3) is 5.65 Å². The third kappa shape index (κ3) is 2.47. The zero-order valence-electron chi connectivity index (χ0n) is 11.6. The quantitative estimate of drug-likeness (QED) is 0.789. The fraction of sp³-hybridized carbons (Fsp3) is 0.267. The highest BCUT2D eigenvalue weighted by Gasteiger charge is 2.16. The van der Waals surface area contributed by atoms with Crippen LogP contribution in [0.3, 0.4) is 0 Å². The van der Waals surface area contributed by atoms with Crippen LogP contribution < -0.4 is 5.32 Å². The number of hydrogen-bond donors (Lipinski definition) is 1. The second-order valence-electron chi connectivity index (χ2n) is 5.13. The summed E-state index contributed by atoms with van der Waals surface area (Å²) in [7, 11) is 0. The summed E-state index contributed by atoms with van der Waals surface area (Å²) in [4.78, 5) is 0. The summed E-state index contributed by atoms with van der Waals surface area (Å²) < 4.78 is 1.67. The van der Waals surface area contributed by atoms with Gasteiger partial charge in [-0.2, -0.15) is 4.52 Å². The molecule has 0 amide bonds. The van der Waals surface area contributed by atoms with Crippen molar-refractivity contribution in [1.29, 1.82) is 0 Å². The number of benzene rings is 1. The van der Waals surface area contributed by atoms with Crippen molar-refractivity contribution in [2.45, 2.75) is 19.9 Å². The molecule has 0 aliphatic heterocycles. The molecule has 102 valence electrons. The molecule has 0 saturated carbocycles. The van der Waals surface area contributed by atoms with Crippen molar-refractivity contribution in [2.75, 3.05) is 5.32 Å². The Bertz CT molecular complexity index is 690. The number of fused-ring (bicyclic) bond motifs is 1. The first-order valence-corrected chi connectivity index (χ1v) is 6.72. The monoisotopic (exact) mass is 267 g/mol. The topological polar surface area (TPSA) is 55.1 Å². The predicted octanol–water partition coefficient (Wildman–Crippen LogP) is 2.93. The van der Waals surface area contributed by atoms with Crippen LogP contribution in [0.15, 0.2) is 48.8 Å². The molecule has 1 unspecified atom stereocenters. The summed E-state index contributed by atoms with van der Waals surface area (Å²) in [6.45, 7) is 4.39. The van der Waals surface area contributed by atoms with E-state index in [0.29, 0.717) is 5.92 Å². The molecule has 20 heavy (non-hydrogen) atoms. The Kier molecular flexibility index (Phi) is 3.33. The van der Waals surface area contributed by atoms with Gasteiger partial charge in [0.05, 0.1) is 6.04 Å². The average molecular weight is 267 g/mol. The number of nitrogens with zero attached hydrogens (tertiary/aromatic N) is 4. The summed E-state index contributed by atoms with van der Waals surface area (Å²) in [6, 6.07) is 14.5. The Morgan fingerprint density at radius 3 is 2.60 bits per heavy atom. The normalized spacial score (nSPS) is 12.8. The average Bonchev–Trinajstić information content (AvgIpc) is 2.93. The molecule has 0 spiro atoms. The van der Waals surface area contributed by atoms with Crippen LogP contribution in [0.5, 0.6) is 0 Å². The highest BCUT2D eigenvalue weighted by molar-refractivity contribution is 5.44. The summed E-state index contributed by atoms with van der Waals surface area (Å²) in [6.07, 6.45) is 1.60. The number of rotatable bonds is 4.